The predicted octanol–water partition coefficient (Wildman–Crippen LogP) is 5.17. The van der Waals surface area contributed by atoms with Crippen molar-refractivity contribution in [2.75, 3.05) is 33.9 Å². The average Bonchev–Trinajstić information content (AvgIpc) is 3.85. The summed E-state index contributed by atoms with van der Waals surface area (Å²) in [6, 6.07) is 14.7. The molecule has 0 saturated carbocycles. The maximum Gasteiger partial charge on any atom is 0.237 e. The van der Waals surface area contributed by atoms with E-state index >= 15 is 0 Å². The van der Waals surface area contributed by atoms with Gasteiger partial charge in [0.15, 0.2) is 0 Å². The van der Waals surface area contributed by atoms with Gasteiger partial charge in [-0.1, -0.05) is 48.0 Å². The molecule has 1 aliphatic carbocycles. The molecule has 2 atom stereocenters. The van der Waals surface area contributed by atoms with Crippen LogP contribution in [-0.2, 0) is 22.6 Å². The van der Waals surface area contributed by atoms with E-state index in [1.54, 1.807) is 20.4 Å². The number of carbonyl (C=O) groups is 2. The number of aromatic nitrogens is 3. The van der Waals surface area contributed by atoms with Crippen LogP contribution in [0.1, 0.15) is 60.5 Å². The van der Waals surface area contributed by atoms with Gasteiger partial charge < -0.3 is 25.4 Å². The van der Waals surface area contributed by atoms with E-state index in [4.69, 9.17) is 36.0 Å². The Balaban J connectivity index is 1.04. The van der Waals surface area contributed by atoms with Crippen LogP contribution in [0.3, 0.4) is 0 Å². The Hall–Kier alpha value is -4.58. The van der Waals surface area contributed by atoms with Crippen LogP contribution in [-0.4, -0.2) is 77.1 Å². The SMILES string of the molecule is COc1nc(-c2cccc(-c3cccc(-c4cc5c(c(OC)n4)C(NCC4CCC(=O)N4)CC5)c3C)c2Cl)cnc1CN1CC2(CCC(=O)N2)C1. The van der Waals surface area contributed by atoms with Gasteiger partial charge in [-0.2, -0.15) is 0 Å². The van der Waals surface area contributed by atoms with E-state index in [0.29, 0.717) is 41.9 Å². The number of benzene rings is 2. The first-order chi connectivity index (χ1) is 24.7. The minimum atomic E-state index is -0.0962. The number of fused-ring (bicyclic) bond motifs is 1. The molecule has 0 radical (unpaired) electrons. The molecule has 8 rings (SSSR count). The Bertz CT molecular complexity index is 2030. The van der Waals surface area contributed by atoms with E-state index < -0.39 is 0 Å². The molecule has 2 aromatic carbocycles. The van der Waals surface area contributed by atoms with Gasteiger partial charge in [0.25, 0.3) is 0 Å². The summed E-state index contributed by atoms with van der Waals surface area (Å²) in [4.78, 5) is 40.3. The normalized spacial score (nSPS) is 20.6. The van der Waals surface area contributed by atoms with Crippen LogP contribution < -0.4 is 25.4 Å². The monoisotopic (exact) mass is 707 g/mol. The molecule has 4 aromatic rings. The molecule has 12 heteroatoms. The Labute approximate surface area is 302 Å². The lowest BCUT2D eigenvalue weighted by atomic mass is 9.88. The summed E-state index contributed by atoms with van der Waals surface area (Å²) < 4.78 is 11.6. The molecule has 2 aromatic heterocycles. The highest BCUT2D eigenvalue weighted by molar-refractivity contribution is 6.36. The van der Waals surface area contributed by atoms with Crippen LogP contribution in [0.5, 0.6) is 11.8 Å². The summed E-state index contributed by atoms with van der Waals surface area (Å²) >= 11 is 7.19. The maximum atomic E-state index is 11.8. The van der Waals surface area contributed by atoms with Crippen molar-refractivity contribution >= 4 is 23.4 Å². The number of ether oxygens (including phenoxy) is 2. The average molecular weight is 708 g/mol. The lowest BCUT2D eigenvalue weighted by Crippen LogP contribution is -2.66. The topological polar surface area (TPSA) is 131 Å². The van der Waals surface area contributed by atoms with Crippen molar-refractivity contribution < 1.29 is 19.1 Å². The second-order valence-corrected chi connectivity index (χ2v) is 14.6. The van der Waals surface area contributed by atoms with E-state index in [-0.39, 0.29) is 29.4 Å². The van der Waals surface area contributed by atoms with Gasteiger partial charge in [0.2, 0.25) is 23.6 Å². The minimum absolute atomic E-state index is 0.0962. The molecule has 11 nitrogen and oxygen atoms in total. The number of amides is 2. The number of pyridine rings is 1. The third kappa shape index (κ3) is 6.32. The van der Waals surface area contributed by atoms with Crippen LogP contribution in [0, 0.1) is 6.92 Å². The van der Waals surface area contributed by atoms with Crippen LogP contribution in [0.25, 0.3) is 33.6 Å². The molecule has 1 spiro atoms. The van der Waals surface area contributed by atoms with Gasteiger partial charge in [0.1, 0.15) is 5.69 Å². The molecule has 4 aliphatic rings. The molecule has 3 fully saturated rings. The minimum Gasteiger partial charge on any atom is -0.481 e. The third-order valence-corrected chi connectivity index (χ3v) is 11.3. The summed E-state index contributed by atoms with van der Waals surface area (Å²) in [5, 5.41) is 10.4. The molecule has 3 N–H and O–H groups in total. The number of nitrogens with zero attached hydrogens (tertiary/aromatic N) is 4. The van der Waals surface area contributed by atoms with Gasteiger partial charge in [-0.25, -0.2) is 9.97 Å². The molecule has 3 saturated heterocycles. The van der Waals surface area contributed by atoms with E-state index in [1.807, 2.05) is 24.3 Å². The summed E-state index contributed by atoms with van der Waals surface area (Å²) in [5.74, 6) is 1.35. The largest absolute Gasteiger partial charge is 0.481 e. The number of carbonyl (C=O) groups excluding carboxylic acids is 2. The molecular weight excluding hydrogens is 666 g/mol. The number of hydrogen-bond donors (Lipinski definition) is 3. The third-order valence-electron chi connectivity index (χ3n) is 10.9. The number of halogens is 1. The van der Waals surface area contributed by atoms with Crippen LogP contribution in [0.15, 0.2) is 48.7 Å². The molecule has 2 unspecified atom stereocenters. The van der Waals surface area contributed by atoms with Crippen LogP contribution in [0.2, 0.25) is 5.02 Å². The lowest BCUT2D eigenvalue weighted by molar-refractivity contribution is -0.121. The van der Waals surface area contributed by atoms with Crippen molar-refractivity contribution in [3.63, 3.8) is 0 Å². The smallest absolute Gasteiger partial charge is 0.237 e. The highest BCUT2D eigenvalue weighted by Gasteiger charge is 2.47. The molecule has 264 valence electrons. The van der Waals surface area contributed by atoms with Gasteiger partial charge in [-0.05, 0) is 55.4 Å². The van der Waals surface area contributed by atoms with Gasteiger partial charge in [-0.15, -0.1) is 0 Å². The summed E-state index contributed by atoms with van der Waals surface area (Å²) in [7, 11) is 3.28. The van der Waals surface area contributed by atoms with Gasteiger partial charge in [0, 0.05) is 73.4 Å². The van der Waals surface area contributed by atoms with Crippen molar-refractivity contribution in [2.24, 2.45) is 0 Å². The van der Waals surface area contributed by atoms with Crippen LogP contribution in [0.4, 0.5) is 0 Å². The van der Waals surface area contributed by atoms with Crippen molar-refractivity contribution in [1.82, 2.24) is 35.8 Å². The molecule has 0 bridgehead atoms. The van der Waals surface area contributed by atoms with E-state index in [0.717, 1.165) is 90.1 Å². The predicted molar refractivity (Wildman–Crippen MR) is 195 cm³/mol. The highest BCUT2D eigenvalue weighted by atomic mass is 35.5. The molecular formula is C39H42ClN7O4. The van der Waals surface area contributed by atoms with E-state index in [1.165, 1.54) is 5.56 Å². The second kappa shape index (κ2) is 13.5. The Morgan fingerprint density at radius 2 is 1.67 bits per heavy atom. The molecule has 3 aliphatic heterocycles. The number of nitrogens with one attached hydrogen (secondary N) is 3. The maximum absolute atomic E-state index is 11.8. The van der Waals surface area contributed by atoms with Gasteiger partial charge >= 0.3 is 0 Å². The zero-order valence-electron chi connectivity index (χ0n) is 29.1. The standard InChI is InChI=1S/C39H42ClN7O4/c1-22-25(6-4-7-26(22)30-16-23-10-12-29(35(23)38(44-30)51-3)41-17-24-11-13-33(48)43-24)27-8-5-9-28(36(27)40)31-18-42-32(37(45-31)50-2)19-47-20-39(21-47)15-14-34(49)46-39/h4-9,16,18,24,29,41H,10-15,17,19-21H2,1-3H3,(H,43,48)(H,46,49). The first-order valence-electron chi connectivity index (χ1n) is 17.7. The second-order valence-electron chi connectivity index (χ2n) is 14.2. The van der Waals surface area contributed by atoms with Gasteiger partial charge in [-0.3, -0.25) is 19.5 Å². The summed E-state index contributed by atoms with van der Waals surface area (Å²) in [6.45, 7) is 5.01. The summed E-state index contributed by atoms with van der Waals surface area (Å²) in [5.41, 5.74) is 9.19. The fourth-order valence-electron chi connectivity index (χ4n) is 8.30. The van der Waals surface area contributed by atoms with E-state index in [9.17, 15) is 9.59 Å². The Kier molecular flexibility index (Phi) is 8.90. The molecule has 2 amide bonds. The van der Waals surface area contributed by atoms with Crippen molar-refractivity contribution in [1.29, 1.82) is 0 Å². The van der Waals surface area contributed by atoms with E-state index in [2.05, 4.69) is 46.0 Å². The zero-order chi connectivity index (χ0) is 35.3. The van der Waals surface area contributed by atoms with Crippen molar-refractivity contribution in [3.05, 3.63) is 76.1 Å². The van der Waals surface area contributed by atoms with Crippen LogP contribution >= 0.6 is 11.6 Å². The Morgan fingerprint density at radius 1 is 0.922 bits per heavy atom. The fourth-order valence-corrected chi connectivity index (χ4v) is 8.63. The fraction of sp³-hybridized carbons (Fsp3) is 0.410. The first kappa shape index (κ1) is 33.6. The first-order valence-corrected chi connectivity index (χ1v) is 18.0. The number of hydrogen-bond acceptors (Lipinski definition) is 9. The zero-order valence-corrected chi connectivity index (χ0v) is 29.9. The van der Waals surface area contributed by atoms with Crippen molar-refractivity contribution in [2.45, 2.75) is 69.6 Å². The molecule has 51 heavy (non-hydrogen) atoms. The number of rotatable bonds is 10. The highest BCUT2D eigenvalue weighted by Crippen LogP contribution is 2.43. The lowest BCUT2D eigenvalue weighted by Gasteiger charge is -2.47. The number of aryl methyl sites for hydroxylation is 1. The quantitative estimate of drug-likeness (QED) is 0.204. The number of likely N-dealkylation sites (tertiary alicyclic amines) is 1. The molecule has 5 heterocycles. The Morgan fingerprint density at radius 3 is 2.39 bits per heavy atom. The number of methoxy groups -OCH3 is 2. The van der Waals surface area contributed by atoms with Gasteiger partial charge in [0.05, 0.1) is 42.4 Å². The summed E-state index contributed by atoms with van der Waals surface area (Å²) in [6.07, 6.45) is 6.55. The van der Waals surface area contributed by atoms with Crippen molar-refractivity contribution in [3.8, 4) is 45.4 Å².